The summed E-state index contributed by atoms with van der Waals surface area (Å²) in [5.74, 6) is -4.46. The summed E-state index contributed by atoms with van der Waals surface area (Å²) in [4.78, 5) is 27.3. The lowest BCUT2D eigenvalue weighted by Gasteiger charge is -2.27. The first-order valence-electron chi connectivity index (χ1n) is 11.7. The van der Waals surface area contributed by atoms with Crippen molar-refractivity contribution in [2.24, 2.45) is 11.8 Å². The number of hydrogen-bond donors (Lipinski definition) is 1. The molecule has 6 nitrogen and oxygen atoms in total. The standard InChI is InChI=1S/C25H24F6N2O4S/c1-38(36,37)17-4-2-3-14(9-17)24(35)33-12-15(22(27)28)10-20(33)23(34)32-21(13-5-6-13)18-8-7-16(11-19(18)26)25(29,30)31/h2-4,7-9,11,13,15,20-22H,5-6,10,12H2,1H3,(H,32,34)/t15-,20+,21+/m0/s1. The van der Waals surface area contributed by atoms with Gasteiger partial charge in [0.15, 0.2) is 9.84 Å². The normalized spacial score (nSPS) is 21.0. The summed E-state index contributed by atoms with van der Waals surface area (Å²) in [7, 11) is -3.68. The number of amides is 2. The van der Waals surface area contributed by atoms with Crippen LogP contribution >= 0.6 is 0 Å². The van der Waals surface area contributed by atoms with Gasteiger partial charge < -0.3 is 10.2 Å². The van der Waals surface area contributed by atoms with Crippen molar-refractivity contribution in [3.63, 3.8) is 0 Å². The van der Waals surface area contributed by atoms with Crippen LogP contribution in [0.4, 0.5) is 26.3 Å². The lowest BCUT2D eigenvalue weighted by atomic mass is 9.98. The number of halogens is 6. The summed E-state index contributed by atoms with van der Waals surface area (Å²) < 4.78 is 105. The first-order valence-corrected chi connectivity index (χ1v) is 13.6. The average molecular weight is 563 g/mol. The molecule has 2 aromatic carbocycles. The molecule has 3 atom stereocenters. The van der Waals surface area contributed by atoms with Gasteiger partial charge in [-0.25, -0.2) is 21.6 Å². The molecule has 13 heteroatoms. The van der Waals surface area contributed by atoms with E-state index in [9.17, 15) is 44.3 Å². The quantitative estimate of drug-likeness (QED) is 0.500. The zero-order valence-corrected chi connectivity index (χ0v) is 20.8. The Hall–Kier alpha value is -3.09. The van der Waals surface area contributed by atoms with E-state index in [1.807, 2.05) is 0 Å². The average Bonchev–Trinajstić information content (AvgIpc) is 3.57. The van der Waals surface area contributed by atoms with Crippen molar-refractivity contribution in [3.8, 4) is 0 Å². The van der Waals surface area contributed by atoms with Gasteiger partial charge in [-0.2, -0.15) is 13.2 Å². The van der Waals surface area contributed by atoms with Gasteiger partial charge in [0.25, 0.3) is 5.91 Å². The first kappa shape index (κ1) is 27.9. The number of nitrogens with one attached hydrogen (secondary N) is 1. The topological polar surface area (TPSA) is 83.6 Å². The third kappa shape index (κ3) is 5.97. The van der Waals surface area contributed by atoms with Crippen LogP contribution in [0.15, 0.2) is 47.4 Å². The fourth-order valence-corrected chi connectivity index (χ4v) is 5.30. The third-order valence-electron chi connectivity index (χ3n) is 6.82. The fraction of sp³-hybridized carbons (Fsp3) is 0.440. The molecule has 2 aromatic rings. The van der Waals surface area contributed by atoms with Crippen molar-refractivity contribution in [2.75, 3.05) is 12.8 Å². The Morgan fingerprint density at radius 2 is 1.74 bits per heavy atom. The van der Waals surface area contributed by atoms with Gasteiger partial charge in [0, 0.05) is 29.8 Å². The molecule has 0 aromatic heterocycles. The number of rotatable bonds is 7. The van der Waals surface area contributed by atoms with Gasteiger partial charge in [0.05, 0.1) is 16.5 Å². The number of alkyl halides is 5. The second-order valence-corrected chi connectivity index (χ2v) is 11.7. The number of carbonyl (C=O) groups excluding carboxylic acids is 2. The molecule has 206 valence electrons. The number of nitrogens with zero attached hydrogens (tertiary/aromatic N) is 1. The van der Waals surface area contributed by atoms with Gasteiger partial charge in [0.1, 0.15) is 11.9 Å². The molecule has 0 bridgehead atoms. The van der Waals surface area contributed by atoms with E-state index < -0.39 is 76.6 Å². The second-order valence-electron chi connectivity index (χ2n) is 9.66. The SMILES string of the molecule is CS(=O)(=O)c1cccc(C(=O)N2C[C@@H](C(F)F)C[C@@H]2C(=O)N[C@@H](c2ccc(C(F)(F)F)cc2F)C2CC2)c1. The monoisotopic (exact) mass is 562 g/mol. The number of benzene rings is 2. The second kappa shape index (κ2) is 10.2. The number of likely N-dealkylation sites (tertiary alicyclic amines) is 1. The minimum absolute atomic E-state index is 0.117. The predicted octanol–water partition coefficient (Wildman–Crippen LogP) is 4.61. The summed E-state index contributed by atoms with van der Waals surface area (Å²) >= 11 is 0. The minimum Gasteiger partial charge on any atom is -0.347 e. The molecule has 0 unspecified atom stereocenters. The van der Waals surface area contributed by atoms with E-state index in [1.165, 1.54) is 18.2 Å². The predicted molar refractivity (Wildman–Crippen MR) is 123 cm³/mol. The smallest absolute Gasteiger partial charge is 0.347 e. The summed E-state index contributed by atoms with van der Waals surface area (Å²) in [5, 5.41) is 2.57. The van der Waals surface area contributed by atoms with Crippen molar-refractivity contribution in [2.45, 2.75) is 48.8 Å². The fourth-order valence-electron chi connectivity index (χ4n) is 4.63. The van der Waals surface area contributed by atoms with Crippen LogP contribution < -0.4 is 5.32 Å². The molecule has 0 spiro atoms. The molecule has 1 saturated heterocycles. The van der Waals surface area contributed by atoms with Crippen molar-refractivity contribution < 1.29 is 44.3 Å². The molecule has 2 fully saturated rings. The molecule has 1 aliphatic carbocycles. The van der Waals surface area contributed by atoms with Crippen LogP contribution in [0.25, 0.3) is 0 Å². The molecular weight excluding hydrogens is 538 g/mol. The van der Waals surface area contributed by atoms with E-state index in [-0.39, 0.29) is 21.9 Å². The molecule has 38 heavy (non-hydrogen) atoms. The lowest BCUT2D eigenvalue weighted by molar-refractivity contribution is -0.137. The van der Waals surface area contributed by atoms with E-state index in [2.05, 4.69) is 5.32 Å². The van der Waals surface area contributed by atoms with Crippen LogP contribution in [-0.2, 0) is 20.8 Å². The minimum atomic E-state index is -4.76. The van der Waals surface area contributed by atoms with Crippen molar-refractivity contribution in [3.05, 3.63) is 65.0 Å². The first-order chi connectivity index (χ1) is 17.7. The molecule has 0 radical (unpaired) electrons. The van der Waals surface area contributed by atoms with Gasteiger partial charge in [-0.1, -0.05) is 12.1 Å². The maximum atomic E-state index is 14.7. The van der Waals surface area contributed by atoms with Crippen LogP contribution in [0.5, 0.6) is 0 Å². The zero-order chi connectivity index (χ0) is 28.0. The van der Waals surface area contributed by atoms with E-state index >= 15 is 0 Å². The number of carbonyl (C=O) groups is 2. The maximum Gasteiger partial charge on any atom is 0.416 e. The van der Waals surface area contributed by atoms with Crippen LogP contribution in [0.1, 0.15) is 46.8 Å². The Balaban J connectivity index is 1.61. The highest BCUT2D eigenvalue weighted by atomic mass is 32.2. The lowest BCUT2D eigenvalue weighted by Crippen LogP contribution is -2.47. The highest BCUT2D eigenvalue weighted by molar-refractivity contribution is 7.90. The Labute approximate surface area is 214 Å². The molecule has 1 aliphatic heterocycles. The van der Waals surface area contributed by atoms with Gasteiger partial charge in [-0.3, -0.25) is 9.59 Å². The largest absolute Gasteiger partial charge is 0.416 e. The number of hydrogen-bond acceptors (Lipinski definition) is 4. The molecule has 4 rings (SSSR count). The van der Waals surface area contributed by atoms with E-state index in [1.54, 1.807) is 0 Å². The molecule has 1 N–H and O–H groups in total. The Kier molecular flexibility index (Phi) is 7.52. The molecular formula is C25H24F6N2O4S. The highest BCUT2D eigenvalue weighted by Crippen LogP contribution is 2.43. The van der Waals surface area contributed by atoms with Crippen molar-refractivity contribution in [1.82, 2.24) is 10.2 Å². The summed E-state index contributed by atoms with van der Waals surface area (Å²) in [6.07, 6.45) is -5.94. The Morgan fingerprint density at radius 1 is 1.05 bits per heavy atom. The maximum absolute atomic E-state index is 14.7. The van der Waals surface area contributed by atoms with Crippen molar-refractivity contribution >= 4 is 21.7 Å². The van der Waals surface area contributed by atoms with E-state index in [0.717, 1.165) is 23.3 Å². The van der Waals surface area contributed by atoms with Gasteiger partial charge >= 0.3 is 6.18 Å². The van der Waals surface area contributed by atoms with Crippen molar-refractivity contribution in [1.29, 1.82) is 0 Å². The molecule has 2 aliphatic rings. The zero-order valence-electron chi connectivity index (χ0n) is 20.0. The van der Waals surface area contributed by atoms with Crippen LogP contribution in [0.3, 0.4) is 0 Å². The van der Waals surface area contributed by atoms with Gasteiger partial charge in [-0.15, -0.1) is 0 Å². The molecule has 1 heterocycles. The molecule has 1 saturated carbocycles. The molecule has 2 amide bonds. The van der Waals surface area contributed by atoms with Crippen LogP contribution in [0.2, 0.25) is 0 Å². The Bertz CT molecular complexity index is 1340. The van der Waals surface area contributed by atoms with Crippen LogP contribution in [-0.4, -0.2) is 50.4 Å². The third-order valence-corrected chi connectivity index (χ3v) is 7.93. The van der Waals surface area contributed by atoms with Gasteiger partial charge in [-0.05, 0) is 55.5 Å². The summed E-state index contributed by atoms with van der Waals surface area (Å²) in [5.41, 5.74) is -1.48. The summed E-state index contributed by atoms with van der Waals surface area (Å²) in [6, 6.07) is 4.56. The Morgan fingerprint density at radius 3 is 2.29 bits per heavy atom. The van der Waals surface area contributed by atoms with Gasteiger partial charge in [0.2, 0.25) is 12.3 Å². The van der Waals surface area contributed by atoms with E-state index in [4.69, 9.17) is 0 Å². The number of sulfone groups is 1. The highest BCUT2D eigenvalue weighted by Gasteiger charge is 2.45. The van der Waals surface area contributed by atoms with E-state index in [0.29, 0.717) is 25.0 Å². The van der Waals surface area contributed by atoms with Crippen LogP contribution in [0, 0.1) is 17.7 Å². The summed E-state index contributed by atoms with van der Waals surface area (Å²) in [6.45, 7) is -0.472.